The first-order valence-electron chi connectivity index (χ1n) is 12.2. The molecule has 2 aliphatic heterocycles. The van der Waals surface area contributed by atoms with Crippen LogP contribution in [0.25, 0.3) is 0 Å². The molecule has 0 radical (unpaired) electrons. The van der Waals surface area contributed by atoms with Crippen LogP contribution in [0.5, 0.6) is 0 Å². The summed E-state index contributed by atoms with van der Waals surface area (Å²) in [4.78, 5) is 44.9. The first-order chi connectivity index (χ1) is 15.6. The van der Waals surface area contributed by atoms with Crippen molar-refractivity contribution in [1.29, 1.82) is 0 Å². The molecular formula is C24H36N4O3S. The lowest BCUT2D eigenvalue weighted by atomic mass is 9.95. The van der Waals surface area contributed by atoms with Crippen LogP contribution in [0.1, 0.15) is 49.8 Å². The molecule has 3 aliphatic rings. The lowest BCUT2D eigenvalue weighted by Crippen LogP contribution is -2.58. The van der Waals surface area contributed by atoms with Crippen LogP contribution in [0.3, 0.4) is 0 Å². The molecule has 2 saturated heterocycles. The lowest BCUT2D eigenvalue weighted by Gasteiger charge is -2.40. The van der Waals surface area contributed by atoms with Gasteiger partial charge < -0.3 is 15.1 Å². The van der Waals surface area contributed by atoms with E-state index in [-0.39, 0.29) is 23.8 Å². The molecule has 1 atom stereocenters. The topological polar surface area (TPSA) is 73.0 Å². The number of piperazine rings is 1. The van der Waals surface area contributed by atoms with Crippen molar-refractivity contribution in [3.05, 3.63) is 22.4 Å². The molecule has 1 aromatic rings. The maximum absolute atomic E-state index is 13.2. The maximum atomic E-state index is 13.2. The van der Waals surface area contributed by atoms with E-state index in [2.05, 4.69) is 10.2 Å². The number of amides is 3. The fourth-order valence-corrected chi connectivity index (χ4v) is 6.10. The Balaban J connectivity index is 1.26. The largest absolute Gasteiger partial charge is 0.355 e. The molecule has 1 saturated carbocycles. The molecular weight excluding hydrogens is 424 g/mol. The van der Waals surface area contributed by atoms with E-state index in [0.29, 0.717) is 38.4 Å². The van der Waals surface area contributed by atoms with E-state index in [4.69, 9.17) is 0 Å². The minimum absolute atomic E-state index is 0.0968. The van der Waals surface area contributed by atoms with Gasteiger partial charge in [-0.1, -0.05) is 18.9 Å². The molecule has 1 aliphatic carbocycles. The predicted molar refractivity (Wildman–Crippen MR) is 125 cm³/mol. The molecule has 32 heavy (non-hydrogen) atoms. The third-order valence-electron chi connectivity index (χ3n) is 7.16. The summed E-state index contributed by atoms with van der Waals surface area (Å²) in [6.07, 6.45) is 7.52. The summed E-state index contributed by atoms with van der Waals surface area (Å²) in [5.41, 5.74) is 0. The van der Waals surface area contributed by atoms with E-state index in [1.807, 2.05) is 27.3 Å². The zero-order chi connectivity index (χ0) is 22.3. The maximum Gasteiger partial charge on any atom is 0.237 e. The second-order valence-corrected chi connectivity index (χ2v) is 10.3. The summed E-state index contributed by atoms with van der Waals surface area (Å²) in [6.45, 7) is 5.10. The third-order valence-corrected chi connectivity index (χ3v) is 8.03. The Kier molecular flexibility index (Phi) is 8.19. The van der Waals surface area contributed by atoms with Gasteiger partial charge in [-0.3, -0.25) is 19.3 Å². The minimum Gasteiger partial charge on any atom is -0.355 e. The highest BCUT2D eigenvalue weighted by atomic mass is 32.1. The van der Waals surface area contributed by atoms with Gasteiger partial charge in [-0.05, 0) is 43.0 Å². The number of carbonyl (C=O) groups excluding carboxylic acids is 3. The smallest absolute Gasteiger partial charge is 0.237 e. The Hall–Kier alpha value is -1.93. The van der Waals surface area contributed by atoms with Gasteiger partial charge in [0.05, 0.1) is 12.5 Å². The zero-order valence-electron chi connectivity index (χ0n) is 19.0. The summed E-state index contributed by atoms with van der Waals surface area (Å²) < 4.78 is 0. The highest BCUT2D eigenvalue weighted by Crippen LogP contribution is 2.31. The van der Waals surface area contributed by atoms with Gasteiger partial charge in [0.1, 0.15) is 0 Å². The number of hydrogen-bond donors (Lipinski definition) is 1. The quantitative estimate of drug-likeness (QED) is 0.573. The van der Waals surface area contributed by atoms with Gasteiger partial charge in [0.2, 0.25) is 17.7 Å². The summed E-state index contributed by atoms with van der Waals surface area (Å²) in [6, 6.07) is 3.90. The minimum atomic E-state index is -0.0968. The van der Waals surface area contributed by atoms with Gasteiger partial charge in [0.15, 0.2) is 0 Å². The fourth-order valence-electron chi connectivity index (χ4n) is 5.40. The lowest BCUT2D eigenvalue weighted by molar-refractivity contribution is -0.134. The number of carbonyl (C=O) groups is 3. The number of nitrogens with zero attached hydrogens (tertiary/aromatic N) is 3. The molecule has 0 spiro atoms. The van der Waals surface area contributed by atoms with Crippen molar-refractivity contribution >= 4 is 29.1 Å². The Morgan fingerprint density at radius 2 is 1.88 bits per heavy atom. The summed E-state index contributed by atoms with van der Waals surface area (Å²) in [7, 11) is 0. The normalized spacial score (nSPS) is 21.3. The molecule has 1 aromatic heterocycles. The number of hydrogen-bond acceptors (Lipinski definition) is 5. The highest BCUT2D eigenvalue weighted by molar-refractivity contribution is 7.10. The summed E-state index contributed by atoms with van der Waals surface area (Å²) in [5.74, 6) is 0.962. The SMILES string of the molecule is O=C(NCCCN1CCCC1=O)C(C1CCCC1)N1CCN(C(=O)Cc2cccs2)CC1. The fraction of sp³-hybridized carbons (Fsp3) is 0.708. The zero-order valence-corrected chi connectivity index (χ0v) is 19.8. The Labute approximate surface area is 195 Å². The molecule has 3 fully saturated rings. The van der Waals surface area contributed by atoms with Gasteiger partial charge in [0, 0.05) is 57.1 Å². The van der Waals surface area contributed by atoms with Gasteiger partial charge >= 0.3 is 0 Å². The number of nitrogens with one attached hydrogen (secondary N) is 1. The molecule has 0 bridgehead atoms. The van der Waals surface area contributed by atoms with Crippen LogP contribution < -0.4 is 5.32 Å². The van der Waals surface area contributed by atoms with Crippen LogP contribution in [0, 0.1) is 5.92 Å². The summed E-state index contributed by atoms with van der Waals surface area (Å²) in [5, 5.41) is 5.17. The van der Waals surface area contributed by atoms with Crippen LogP contribution >= 0.6 is 11.3 Å². The van der Waals surface area contributed by atoms with Crippen molar-refractivity contribution in [2.45, 2.75) is 57.4 Å². The molecule has 8 heteroatoms. The van der Waals surface area contributed by atoms with Crippen molar-refractivity contribution in [2.75, 3.05) is 45.8 Å². The average molecular weight is 461 g/mol. The average Bonchev–Trinajstić information content (AvgIpc) is 3.56. The molecule has 3 amide bonds. The van der Waals surface area contributed by atoms with E-state index in [9.17, 15) is 14.4 Å². The van der Waals surface area contributed by atoms with Gasteiger partial charge in [-0.2, -0.15) is 0 Å². The van der Waals surface area contributed by atoms with Crippen molar-refractivity contribution in [3.8, 4) is 0 Å². The van der Waals surface area contributed by atoms with Crippen LogP contribution in [0.2, 0.25) is 0 Å². The standard InChI is InChI=1S/C24H36N4O3S/c29-21-9-3-11-26(21)12-5-10-25-24(31)23(19-6-1-2-7-19)28-15-13-27(14-16-28)22(30)18-20-8-4-17-32-20/h4,8,17,19,23H,1-3,5-7,9-16,18H2,(H,25,31). The number of rotatable bonds is 9. The number of likely N-dealkylation sites (tertiary alicyclic amines) is 1. The molecule has 0 aromatic carbocycles. The van der Waals surface area contributed by atoms with Crippen molar-refractivity contribution in [1.82, 2.24) is 20.0 Å². The molecule has 1 N–H and O–H groups in total. The van der Waals surface area contributed by atoms with E-state index >= 15 is 0 Å². The van der Waals surface area contributed by atoms with Crippen LogP contribution in [0.4, 0.5) is 0 Å². The Morgan fingerprint density at radius 3 is 2.53 bits per heavy atom. The predicted octanol–water partition coefficient (Wildman–Crippen LogP) is 2.12. The summed E-state index contributed by atoms with van der Waals surface area (Å²) >= 11 is 1.63. The first-order valence-corrected chi connectivity index (χ1v) is 13.1. The molecule has 4 rings (SSSR count). The first kappa shape index (κ1) is 23.2. The highest BCUT2D eigenvalue weighted by Gasteiger charge is 2.37. The van der Waals surface area contributed by atoms with Crippen molar-refractivity contribution in [2.24, 2.45) is 5.92 Å². The van der Waals surface area contributed by atoms with E-state index in [0.717, 1.165) is 56.7 Å². The Morgan fingerprint density at radius 1 is 1.09 bits per heavy atom. The molecule has 1 unspecified atom stereocenters. The van der Waals surface area contributed by atoms with Crippen molar-refractivity contribution < 1.29 is 14.4 Å². The van der Waals surface area contributed by atoms with Crippen LogP contribution in [-0.2, 0) is 20.8 Å². The number of thiophene rings is 1. The van der Waals surface area contributed by atoms with Crippen molar-refractivity contribution in [3.63, 3.8) is 0 Å². The molecule has 176 valence electrons. The Bertz CT molecular complexity index is 770. The van der Waals surface area contributed by atoms with Gasteiger partial charge in [0.25, 0.3) is 0 Å². The third kappa shape index (κ3) is 5.90. The molecule has 3 heterocycles. The molecule has 7 nitrogen and oxygen atoms in total. The van der Waals surface area contributed by atoms with Gasteiger partial charge in [-0.15, -0.1) is 11.3 Å². The monoisotopic (exact) mass is 460 g/mol. The van der Waals surface area contributed by atoms with E-state index in [1.54, 1.807) is 11.3 Å². The van der Waals surface area contributed by atoms with Crippen LogP contribution in [-0.4, -0.2) is 84.3 Å². The second kappa shape index (κ2) is 11.3. The van der Waals surface area contributed by atoms with Gasteiger partial charge in [-0.25, -0.2) is 0 Å². The second-order valence-electron chi connectivity index (χ2n) is 9.29. The van der Waals surface area contributed by atoms with E-state index in [1.165, 1.54) is 12.8 Å². The van der Waals surface area contributed by atoms with Crippen LogP contribution in [0.15, 0.2) is 17.5 Å². The van der Waals surface area contributed by atoms with E-state index < -0.39 is 0 Å².